The van der Waals surface area contributed by atoms with Crippen molar-refractivity contribution in [3.8, 4) is 0 Å². The van der Waals surface area contributed by atoms with E-state index in [4.69, 9.17) is 9.84 Å². The van der Waals surface area contributed by atoms with Crippen LogP contribution in [0.3, 0.4) is 0 Å². The van der Waals surface area contributed by atoms with Crippen molar-refractivity contribution in [3.63, 3.8) is 0 Å². The summed E-state index contributed by atoms with van der Waals surface area (Å²) in [6.45, 7) is 2.87. The van der Waals surface area contributed by atoms with Crippen LogP contribution in [0.1, 0.15) is 38.5 Å². The number of likely N-dealkylation sites (tertiary alicyclic amines) is 1. The molecular formula is C14H24N2O4. The van der Waals surface area contributed by atoms with Crippen molar-refractivity contribution in [1.82, 2.24) is 10.2 Å². The summed E-state index contributed by atoms with van der Waals surface area (Å²) < 4.78 is 5.30. The molecule has 20 heavy (non-hydrogen) atoms. The zero-order chi connectivity index (χ0) is 14.4. The molecule has 1 atom stereocenters. The van der Waals surface area contributed by atoms with Crippen LogP contribution in [0, 0.1) is 5.92 Å². The van der Waals surface area contributed by atoms with Crippen LogP contribution in [0.25, 0.3) is 0 Å². The average Bonchev–Trinajstić information content (AvgIpc) is 2.46. The second kappa shape index (κ2) is 7.47. The zero-order valence-electron chi connectivity index (χ0n) is 11.8. The Kier molecular flexibility index (Phi) is 5.64. The number of carbonyl (C=O) groups is 2. The van der Waals surface area contributed by atoms with E-state index in [1.807, 2.05) is 0 Å². The van der Waals surface area contributed by atoms with Gasteiger partial charge >= 0.3 is 12.0 Å². The molecule has 2 aliphatic heterocycles. The van der Waals surface area contributed by atoms with Crippen LogP contribution in [-0.2, 0) is 9.53 Å². The second-order valence-corrected chi connectivity index (χ2v) is 5.68. The summed E-state index contributed by atoms with van der Waals surface area (Å²) in [6, 6.07) is -0.265. The molecule has 0 aromatic heterocycles. The van der Waals surface area contributed by atoms with Crippen molar-refractivity contribution in [2.24, 2.45) is 5.92 Å². The number of carboxylic acid groups (broad SMARTS) is 1. The van der Waals surface area contributed by atoms with Crippen molar-refractivity contribution in [2.45, 2.75) is 44.6 Å². The number of nitrogens with one attached hydrogen (secondary N) is 1. The van der Waals surface area contributed by atoms with Gasteiger partial charge in [0.2, 0.25) is 0 Å². The van der Waals surface area contributed by atoms with Gasteiger partial charge in [-0.05, 0) is 38.0 Å². The minimum absolute atomic E-state index is 0.0463. The number of aliphatic carboxylic acids is 1. The lowest BCUT2D eigenvalue weighted by Crippen LogP contribution is -2.50. The third kappa shape index (κ3) is 4.37. The molecule has 0 aromatic carbocycles. The van der Waals surface area contributed by atoms with Crippen LogP contribution in [0.5, 0.6) is 0 Å². The van der Waals surface area contributed by atoms with Gasteiger partial charge in [-0.25, -0.2) is 4.79 Å². The average molecular weight is 284 g/mol. The molecule has 0 radical (unpaired) electrons. The van der Waals surface area contributed by atoms with Gasteiger partial charge in [0.15, 0.2) is 0 Å². The molecule has 6 heteroatoms. The number of hydrogen-bond acceptors (Lipinski definition) is 3. The highest BCUT2D eigenvalue weighted by molar-refractivity contribution is 5.76. The predicted molar refractivity (Wildman–Crippen MR) is 73.5 cm³/mol. The Morgan fingerprint density at radius 2 is 1.95 bits per heavy atom. The van der Waals surface area contributed by atoms with E-state index in [9.17, 15) is 9.59 Å². The van der Waals surface area contributed by atoms with Crippen LogP contribution in [0.15, 0.2) is 0 Å². The van der Waals surface area contributed by atoms with E-state index < -0.39 is 5.97 Å². The Bertz CT molecular complexity index is 342. The number of hydrogen-bond donors (Lipinski definition) is 2. The molecule has 0 saturated carbocycles. The van der Waals surface area contributed by atoms with Crippen LogP contribution < -0.4 is 5.32 Å². The molecule has 2 N–H and O–H groups in total. The van der Waals surface area contributed by atoms with Crippen molar-refractivity contribution in [2.75, 3.05) is 26.3 Å². The number of carbonyl (C=O) groups excluding carboxylic acids is 1. The van der Waals surface area contributed by atoms with E-state index in [1.165, 1.54) is 0 Å². The standard InChI is InChI=1S/C14H24N2O4/c17-13(18)9-12-3-1-2-6-16(12)14(19)15-10-11-4-7-20-8-5-11/h11-12H,1-10H2,(H,15,19)(H,17,18). The Hall–Kier alpha value is -1.30. The van der Waals surface area contributed by atoms with Crippen LogP contribution >= 0.6 is 0 Å². The number of piperidine rings is 1. The fourth-order valence-corrected chi connectivity index (χ4v) is 2.97. The van der Waals surface area contributed by atoms with Gasteiger partial charge in [-0.2, -0.15) is 0 Å². The number of ether oxygens (including phenoxy) is 1. The molecule has 114 valence electrons. The number of nitrogens with zero attached hydrogens (tertiary/aromatic N) is 1. The number of rotatable bonds is 4. The largest absolute Gasteiger partial charge is 0.481 e. The van der Waals surface area contributed by atoms with E-state index in [2.05, 4.69) is 5.32 Å². The maximum absolute atomic E-state index is 12.2. The molecule has 2 saturated heterocycles. The highest BCUT2D eigenvalue weighted by Crippen LogP contribution is 2.20. The lowest BCUT2D eigenvalue weighted by molar-refractivity contribution is -0.138. The maximum atomic E-state index is 12.2. The van der Waals surface area contributed by atoms with Gasteiger partial charge in [-0.15, -0.1) is 0 Å². The van der Waals surface area contributed by atoms with Gasteiger partial charge in [-0.1, -0.05) is 0 Å². The third-order valence-corrected chi connectivity index (χ3v) is 4.18. The summed E-state index contributed by atoms with van der Waals surface area (Å²) in [6.07, 6.45) is 4.77. The predicted octanol–water partition coefficient (Wildman–Crippen LogP) is 1.45. The monoisotopic (exact) mass is 284 g/mol. The van der Waals surface area contributed by atoms with Crippen LogP contribution in [0.4, 0.5) is 4.79 Å². The van der Waals surface area contributed by atoms with Crippen LogP contribution in [-0.4, -0.2) is 54.4 Å². The maximum Gasteiger partial charge on any atom is 0.317 e. The Morgan fingerprint density at radius 3 is 2.65 bits per heavy atom. The molecular weight excluding hydrogens is 260 g/mol. The normalized spacial score (nSPS) is 24.4. The summed E-state index contributed by atoms with van der Waals surface area (Å²) in [5.74, 6) is -0.352. The first-order valence-electron chi connectivity index (χ1n) is 7.51. The Balaban J connectivity index is 1.80. The third-order valence-electron chi connectivity index (χ3n) is 4.18. The fraction of sp³-hybridized carbons (Fsp3) is 0.857. The second-order valence-electron chi connectivity index (χ2n) is 5.68. The van der Waals surface area contributed by atoms with E-state index in [1.54, 1.807) is 4.90 Å². The molecule has 2 rings (SSSR count). The molecule has 2 amide bonds. The van der Waals surface area contributed by atoms with Crippen molar-refractivity contribution in [3.05, 3.63) is 0 Å². The SMILES string of the molecule is O=C(O)CC1CCCCN1C(=O)NCC1CCOCC1. The van der Waals surface area contributed by atoms with E-state index in [0.717, 1.165) is 45.3 Å². The quantitative estimate of drug-likeness (QED) is 0.819. The molecule has 0 aliphatic carbocycles. The minimum Gasteiger partial charge on any atom is -0.481 e. The lowest BCUT2D eigenvalue weighted by atomic mass is 9.99. The number of amides is 2. The van der Waals surface area contributed by atoms with Crippen molar-refractivity contribution in [1.29, 1.82) is 0 Å². The van der Waals surface area contributed by atoms with Gasteiger partial charge in [-0.3, -0.25) is 4.79 Å². The summed E-state index contributed by atoms with van der Waals surface area (Å²) in [4.78, 5) is 24.8. The summed E-state index contributed by atoms with van der Waals surface area (Å²) in [7, 11) is 0. The summed E-state index contributed by atoms with van der Waals surface area (Å²) >= 11 is 0. The Morgan fingerprint density at radius 1 is 1.20 bits per heavy atom. The van der Waals surface area contributed by atoms with Gasteiger partial charge in [0.1, 0.15) is 0 Å². The number of urea groups is 1. The van der Waals surface area contributed by atoms with Gasteiger partial charge in [0.25, 0.3) is 0 Å². The van der Waals surface area contributed by atoms with Crippen molar-refractivity contribution < 1.29 is 19.4 Å². The Labute approximate surface area is 119 Å². The lowest BCUT2D eigenvalue weighted by Gasteiger charge is -2.35. The molecule has 0 spiro atoms. The van der Waals surface area contributed by atoms with Gasteiger partial charge in [0.05, 0.1) is 6.42 Å². The first-order chi connectivity index (χ1) is 9.66. The van der Waals surface area contributed by atoms with E-state index in [0.29, 0.717) is 19.0 Å². The topological polar surface area (TPSA) is 78.9 Å². The zero-order valence-corrected chi connectivity index (χ0v) is 11.8. The smallest absolute Gasteiger partial charge is 0.317 e. The highest BCUT2D eigenvalue weighted by Gasteiger charge is 2.28. The molecule has 1 unspecified atom stereocenters. The van der Waals surface area contributed by atoms with E-state index >= 15 is 0 Å². The molecule has 2 fully saturated rings. The summed E-state index contributed by atoms with van der Waals surface area (Å²) in [5, 5.41) is 11.9. The first kappa shape index (κ1) is 15.1. The van der Waals surface area contributed by atoms with Gasteiger partial charge < -0.3 is 20.1 Å². The fourth-order valence-electron chi connectivity index (χ4n) is 2.97. The molecule has 0 aromatic rings. The summed E-state index contributed by atoms with van der Waals surface area (Å²) in [5.41, 5.74) is 0. The highest BCUT2D eigenvalue weighted by atomic mass is 16.5. The first-order valence-corrected chi connectivity index (χ1v) is 7.51. The minimum atomic E-state index is -0.834. The molecule has 0 bridgehead atoms. The molecule has 6 nitrogen and oxygen atoms in total. The van der Waals surface area contributed by atoms with Crippen molar-refractivity contribution >= 4 is 12.0 Å². The molecule has 2 aliphatic rings. The number of carboxylic acids is 1. The van der Waals surface area contributed by atoms with Crippen LogP contribution in [0.2, 0.25) is 0 Å². The van der Waals surface area contributed by atoms with Gasteiger partial charge in [0, 0.05) is 32.3 Å². The van der Waals surface area contributed by atoms with E-state index in [-0.39, 0.29) is 18.5 Å². The molecule has 2 heterocycles.